The van der Waals surface area contributed by atoms with Crippen molar-refractivity contribution in [3.8, 4) is 57.1 Å². The molecule has 2 unspecified atom stereocenters. The van der Waals surface area contributed by atoms with Gasteiger partial charge in [-0.3, -0.25) is 9.59 Å². The Morgan fingerprint density at radius 2 is 1.26 bits per heavy atom. The van der Waals surface area contributed by atoms with Crippen molar-refractivity contribution in [2.24, 2.45) is 0 Å². The van der Waals surface area contributed by atoms with Crippen LogP contribution in [-0.2, 0) is 0 Å². The van der Waals surface area contributed by atoms with Crippen LogP contribution in [0.1, 0.15) is 56.9 Å². The molecular weight excluding hydrogens is 556 g/mol. The van der Waals surface area contributed by atoms with Crippen molar-refractivity contribution in [1.82, 2.24) is 0 Å². The Morgan fingerprint density at radius 3 is 1.91 bits per heavy atom. The van der Waals surface area contributed by atoms with Crippen LogP contribution >= 0.6 is 0 Å². The lowest BCUT2D eigenvalue weighted by Crippen LogP contribution is -2.21. The summed E-state index contributed by atoms with van der Waals surface area (Å²) in [6.07, 6.45) is -1.41. The number of benzene rings is 4. The van der Waals surface area contributed by atoms with Gasteiger partial charge in [0, 0.05) is 23.8 Å². The molecule has 220 valence electrons. The molecule has 4 aromatic rings. The van der Waals surface area contributed by atoms with Crippen LogP contribution < -0.4 is 23.7 Å². The number of phenolic OH excluding ortho intramolecular Hbond substituents is 3. The fourth-order valence-corrected chi connectivity index (χ4v) is 5.59. The fourth-order valence-electron chi connectivity index (χ4n) is 5.59. The molecule has 4 aromatic carbocycles. The summed E-state index contributed by atoms with van der Waals surface area (Å²) in [5.41, 5.74) is 2.00. The molecule has 0 aromatic heterocycles. The number of Topliss-reactive ketones (excluding diaryl/α,β-unsaturated/α-hetero) is 2. The third-order valence-corrected chi connectivity index (χ3v) is 7.71. The average molecular weight is 585 g/mol. The first kappa shape index (κ1) is 27.8. The summed E-state index contributed by atoms with van der Waals surface area (Å²) in [5, 5.41) is 31.6. The highest BCUT2D eigenvalue weighted by Crippen LogP contribution is 2.52. The molecule has 2 atom stereocenters. The zero-order valence-corrected chi connectivity index (χ0v) is 23.5. The molecule has 0 saturated heterocycles. The van der Waals surface area contributed by atoms with E-state index in [0.717, 1.165) is 0 Å². The molecule has 0 amide bonds. The van der Waals surface area contributed by atoms with Gasteiger partial charge in [-0.1, -0.05) is 18.2 Å². The number of phenols is 3. The van der Waals surface area contributed by atoms with Gasteiger partial charge < -0.3 is 39.0 Å². The molecule has 10 nitrogen and oxygen atoms in total. The molecule has 0 aliphatic carbocycles. The second-order valence-corrected chi connectivity index (χ2v) is 10.2. The number of hydrogen-bond donors (Lipinski definition) is 3. The number of carbonyl (C=O) groups is 2. The summed E-state index contributed by atoms with van der Waals surface area (Å²) in [5.74, 6) is 0.198. The lowest BCUT2D eigenvalue weighted by Gasteiger charge is -2.29. The highest BCUT2D eigenvalue weighted by Gasteiger charge is 2.35. The van der Waals surface area contributed by atoms with Crippen LogP contribution in [0, 0.1) is 0 Å². The molecule has 2 aliphatic heterocycles. The standard InChI is InChI=1S/C33H28O10/c1-39-19-11-21(35)31-22(36)13-26(43-28(31)12-19)17-6-9-24(40-2)20(10-17)30-27(41-3)15-29-32(33(30)38)23(37)14-25(42-29)16-4-7-18(34)8-5-16/h4-12,15,25-26,34-35,38H,13-14H2,1-3H3. The lowest BCUT2D eigenvalue weighted by atomic mass is 9.89. The number of aromatic hydroxyl groups is 3. The van der Waals surface area contributed by atoms with Gasteiger partial charge in [-0.15, -0.1) is 0 Å². The second kappa shape index (κ2) is 10.8. The van der Waals surface area contributed by atoms with Crippen LogP contribution in [0.5, 0.6) is 46.0 Å². The summed E-state index contributed by atoms with van der Waals surface area (Å²) in [4.78, 5) is 26.4. The van der Waals surface area contributed by atoms with E-state index in [1.165, 1.54) is 39.5 Å². The van der Waals surface area contributed by atoms with Gasteiger partial charge in [0.2, 0.25) is 0 Å². The first-order chi connectivity index (χ1) is 20.7. The normalized spacial score (nSPS) is 17.3. The Balaban J connectivity index is 1.42. The Bertz CT molecular complexity index is 1760. The first-order valence-corrected chi connectivity index (χ1v) is 13.4. The van der Waals surface area contributed by atoms with Gasteiger partial charge >= 0.3 is 0 Å². The van der Waals surface area contributed by atoms with Crippen LogP contribution in [0.15, 0.2) is 60.7 Å². The van der Waals surface area contributed by atoms with Gasteiger partial charge in [0.1, 0.15) is 69.3 Å². The number of methoxy groups -OCH3 is 3. The van der Waals surface area contributed by atoms with Gasteiger partial charge in [-0.05, 0) is 35.4 Å². The number of rotatable bonds is 6. The van der Waals surface area contributed by atoms with Crippen molar-refractivity contribution >= 4 is 11.6 Å². The zero-order chi connectivity index (χ0) is 30.4. The number of ketones is 2. The Hall–Kier alpha value is -5.38. The van der Waals surface area contributed by atoms with Crippen molar-refractivity contribution in [2.45, 2.75) is 25.0 Å². The molecular formula is C33H28O10. The first-order valence-electron chi connectivity index (χ1n) is 13.4. The average Bonchev–Trinajstić information content (AvgIpc) is 3.00. The predicted octanol–water partition coefficient (Wildman–Crippen LogP) is 5.91. The fraction of sp³-hybridized carbons (Fsp3) is 0.212. The smallest absolute Gasteiger partial charge is 0.174 e. The van der Waals surface area contributed by atoms with E-state index in [1.54, 1.807) is 42.5 Å². The molecule has 2 aliphatic rings. The van der Waals surface area contributed by atoms with E-state index < -0.39 is 12.2 Å². The van der Waals surface area contributed by atoms with Crippen LogP contribution in [0.3, 0.4) is 0 Å². The van der Waals surface area contributed by atoms with Crippen molar-refractivity contribution in [3.05, 3.63) is 82.9 Å². The van der Waals surface area contributed by atoms with Gasteiger partial charge in [-0.25, -0.2) is 0 Å². The van der Waals surface area contributed by atoms with E-state index >= 15 is 0 Å². The van der Waals surface area contributed by atoms with Crippen molar-refractivity contribution in [1.29, 1.82) is 0 Å². The Morgan fingerprint density at radius 1 is 0.651 bits per heavy atom. The predicted molar refractivity (Wildman–Crippen MR) is 154 cm³/mol. The molecule has 0 saturated carbocycles. The SMILES string of the molecule is COc1cc(O)c2c(c1)OC(c1ccc(OC)c(-c3c(OC)cc4c(c3O)C(=O)CC(c3ccc(O)cc3)O4)c1)CC2=O. The summed E-state index contributed by atoms with van der Waals surface area (Å²) in [6, 6.07) is 15.9. The summed E-state index contributed by atoms with van der Waals surface area (Å²) in [7, 11) is 4.35. The minimum Gasteiger partial charge on any atom is -0.508 e. The third-order valence-electron chi connectivity index (χ3n) is 7.71. The second-order valence-electron chi connectivity index (χ2n) is 10.2. The number of ether oxygens (including phenoxy) is 5. The molecule has 2 heterocycles. The lowest BCUT2D eigenvalue weighted by molar-refractivity contribution is 0.0834. The number of hydrogen-bond acceptors (Lipinski definition) is 10. The van der Waals surface area contributed by atoms with Crippen molar-refractivity contribution < 1.29 is 48.6 Å². The summed E-state index contributed by atoms with van der Waals surface area (Å²) >= 11 is 0. The molecule has 0 fully saturated rings. The van der Waals surface area contributed by atoms with Crippen molar-refractivity contribution in [2.75, 3.05) is 21.3 Å². The Labute approximate surface area is 246 Å². The van der Waals surface area contributed by atoms with Crippen LogP contribution in [0.2, 0.25) is 0 Å². The number of fused-ring (bicyclic) bond motifs is 2. The zero-order valence-electron chi connectivity index (χ0n) is 23.5. The van der Waals surface area contributed by atoms with Crippen LogP contribution in [0.25, 0.3) is 11.1 Å². The van der Waals surface area contributed by atoms with Crippen LogP contribution in [-0.4, -0.2) is 48.2 Å². The minimum absolute atomic E-state index is 0.0128. The molecule has 0 spiro atoms. The Kier molecular flexibility index (Phi) is 6.97. The maximum absolute atomic E-state index is 13.4. The van der Waals surface area contributed by atoms with E-state index in [2.05, 4.69) is 0 Å². The van der Waals surface area contributed by atoms with E-state index in [9.17, 15) is 24.9 Å². The van der Waals surface area contributed by atoms with Gasteiger partial charge in [-0.2, -0.15) is 0 Å². The molecule has 3 N–H and O–H groups in total. The molecule has 43 heavy (non-hydrogen) atoms. The number of carbonyl (C=O) groups excluding carboxylic acids is 2. The van der Waals surface area contributed by atoms with E-state index in [1.807, 2.05) is 0 Å². The summed E-state index contributed by atoms with van der Waals surface area (Å²) < 4.78 is 28.8. The van der Waals surface area contributed by atoms with Gasteiger partial charge in [0.15, 0.2) is 11.6 Å². The minimum atomic E-state index is -0.724. The topological polar surface area (TPSA) is 141 Å². The maximum Gasteiger partial charge on any atom is 0.174 e. The van der Waals surface area contributed by atoms with E-state index in [0.29, 0.717) is 28.2 Å². The maximum atomic E-state index is 13.4. The van der Waals surface area contributed by atoms with E-state index in [4.69, 9.17) is 23.7 Å². The molecule has 10 heteroatoms. The van der Waals surface area contributed by atoms with E-state index in [-0.39, 0.29) is 75.6 Å². The third kappa shape index (κ3) is 4.80. The van der Waals surface area contributed by atoms with Gasteiger partial charge in [0.05, 0.1) is 39.7 Å². The van der Waals surface area contributed by atoms with Gasteiger partial charge in [0.25, 0.3) is 0 Å². The molecule has 0 bridgehead atoms. The molecule has 6 rings (SSSR count). The van der Waals surface area contributed by atoms with Crippen molar-refractivity contribution in [3.63, 3.8) is 0 Å². The highest BCUT2D eigenvalue weighted by atomic mass is 16.5. The monoisotopic (exact) mass is 584 g/mol. The van der Waals surface area contributed by atoms with Crippen LogP contribution in [0.4, 0.5) is 0 Å². The molecule has 0 radical (unpaired) electrons. The quantitative estimate of drug-likeness (QED) is 0.250. The summed E-state index contributed by atoms with van der Waals surface area (Å²) in [6.45, 7) is 0. The largest absolute Gasteiger partial charge is 0.508 e. The highest BCUT2D eigenvalue weighted by molar-refractivity contribution is 6.06.